The first kappa shape index (κ1) is 32.9. The third-order valence-corrected chi connectivity index (χ3v) is 7.43. The number of carbonyl (C=O) groups excluding carboxylic acids is 5. The van der Waals surface area contributed by atoms with Crippen LogP contribution in [0.3, 0.4) is 0 Å². The second kappa shape index (κ2) is 14.5. The third-order valence-electron chi connectivity index (χ3n) is 7.43. The van der Waals surface area contributed by atoms with Crippen LogP contribution in [-0.2, 0) is 35.1 Å². The van der Waals surface area contributed by atoms with Crippen LogP contribution < -0.4 is 10.6 Å². The summed E-state index contributed by atoms with van der Waals surface area (Å²) in [5, 5.41) is 5.68. The predicted octanol–water partition coefficient (Wildman–Crippen LogP) is 2.81. The van der Waals surface area contributed by atoms with E-state index in [0.717, 1.165) is 5.56 Å². The van der Waals surface area contributed by atoms with Crippen molar-refractivity contribution in [2.75, 3.05) is 20.2 Å². The van der Waals surface area contributed by atoms with E-state index in [4.69, 9.17) is 9.47 Å². The first-order valence-electron chi connectivity index (χ1n) is 14.8. The molecule has 42 heavy (non-hydrogen) atoms. The number of nitrogens with one attached hydrogen (secondary N) is 2. The predicted molar refractivity (Wildman–Crippen MR) is 156 cm³/mol. The molecule has 1 aromatic rings. The second-order valence-corrected chi connectivity index (χ2v) is 12.5. The lowest BCUT2D eigenvalue weighted by atomic mass is 10.0. The van der Waals surface area contributed by atoms with E-state index in [0.29, 0.717) is 45.2 Å². The highest BCUT2D eigenvalue weighted by molar-refractivity contribution is 5.95. The van der Waals surface area contributed by atoms with E-state index in [-0.39, 0.29) is 18.2 Å². The quantitative estimate of drug-likeness (QED) is 0.403. The summed E-state index contributed by atoms with van der Waals surface area (Å²) in [5.74, 6) is -1.69. The van der Waals surface area contributed by atoms with Gasteiger partial charge in [0.25, 0.3) is 0 Å². The molecule has 4 amide bonds. The number of amides is 4. The zero-order valence-electron chi connectivity index (χ0n) is 25.7. The molecule has 11 nitrogen and oxygen atoms in total. The molecule has 2 N–H and O–H groups in total. The average Bonchev–Trinajstić information content (AvgIpc) is 3.61. The van der Waals surface area contributed by atoms with Crippen molar-refractivity contribution < 1.29 is 33.4 Å². The topological polar surface area (TPSA) is 134 Å². The summed E-state index contributed by atoms with van der Waals surface area (Å²) in [5.41, 5.74) is 0.162. The molecule has 2 fully saturated rings. The highest BCUT2D eigenvalue weighted by Gasteiger charge is 2.42. The molecular weight excluding hydrogens is 540 g/mol. The van der Waals surface area contributed by atoms with Crippen LogP contribution in [-0.4, -0.2) is 89.6 Å². The molecule has 0 bridgehead atoms. The minimum Gasteiger partial charge on any atom is -0.467 e. The molecule has 0 aliphatic carbocycles. The average molecular weight is 587 g/mol. The van der Waals surface area contributed by atoms with Gasteiger partial charge in [-0.2, -0.15) is 0 Å². The molecule has 2 saturated heterocycles. The molecule has 2 aliphatic heterocycles. The highest BCUT2D eigenvalue weighted by Crippen LogP contribution is 2.24. The molecule has 0 spiro atoms. The molecule has 3 rings (SSSR count). The summed E-state index contributed by atoms with van der Waals surface area (Å²) >= 11 is 0. The molecule has 0 unspecified atom stereocenters. The van der Waals surface area contributed by atoms with E-state index in [9.17, 15) is 24.0 Å². The molecule has 232 valence electrons. The van der Waals surface area contributed by atoms with E-state index in [1.165, 1.54) is 16.9 Å². The van der Waals surface area contributed by atoms with Crippen LogP contribution in [0.2, 0.25) is 0 Å². The van der Waals surface area contributed by atoms with Crippen LogP contribution in [0, 0.1) is 5.92 Å². The Morgan fingerprint density at radius 3 is 1.98 bits per heavy atom. The summed E-state index contributed by atoms with van der Waals surface area (Å²) in [7, 11) is 1.27. The van der Waals surface area contributed by atoms with Gasteiger partial charge in [0.15, 0.2) is 0 Å². The number of nitrogens with zero attached hydrogens (tertiary/aromatic N) is 2. The number of methoxy groups -OCH3 is 1. The number of hydrogen-bond acceptors (Lipinski definition) is 7. The zero-order valence-corrected chi connectivity index (χ0v) is 25.7. The number of rotatable bonds is 10. The van der Waals surface area contributed by atoms with Crippen molar-refractivity contribution in [1.29, 1.82) is 0 Å². The van der Waals surface area contributed by atoms with Crippen LogP contribution >= 0.6 is 0 Å². The summed E-state index contributed by atoms with van der Waals surface area (Å²) in [6.07, 6.45) is 2.24. The largest absolute Gasteiger partial charge is 0.467 e. The standard InChI is InChI=1S/C31H46N4O7/c1-20(2)18-22(32-27(37)25-15-11-17-35(25)30(40)42-31(3,4)5)28(38)34-16-10-14-24(34)26(36)33-23(29(39)41-6)19-21-12-8-7-9-13-21/h7-9,12-13,20,22-25H,10-11,14-19H2,1-6H3,(H,32,37)(H,33,36)/t22-,23-,24-,25-/m0/s1. The summed E-state index contributed by atoms with van der Waals surface area (Å²) < 4.78 is 10.4. The third kappa shape index (κ3) is 8.93. The molecule has 4 atom stereocenters. The van der Waals surface area contributed by atoms with E-state index in [1.54, 1.807) is 20.8 Å². The summed E-state index contributed by atoms with van der Waals surface area (Å²) in [6.45, 7) is 9.97. The van der Waals surface area contributed by atoms with Gasteiger partial charge in [-0.3, -0.25) is 19.3 Å². The van der Waals surface area contributed by atoms with Gasteiger partial charge in [0.05, 0.1) is 7.11 Å². The van der Waals surface area contributed by atoms with Gasteiger partial charge in [-0.05, 0) is 64.4 Å². The smallest absolute Gasteiger partial charge is 0.410 e. The minimum atomic E-state index is -0.908. The number of carbonyl (C=O) groups is 5. The number of hydrogen-bond donors (Lipinski definition) is 2. The van der Waals surface area contributed by atoms with Crippen molar-refractivity contribution in [3.63, 3.8) is 0 Å². The number of benzene rings is 1. The lowest BCUT2D eigenvalue weighted by Gasteiger charge is -2.32. The Morgan fingerprint density at radius 1 is 0.881 bits per heavy atom. The van der Waals surface area contributed by atoms with Crippen molar-refractivity contribution in [1.82, 2.24) is 20.4 Å². The normalized spacial score (nSPS) is 20.2. The minimum absolute atomic E-state index is 0.0780. The van der Waals surface area contributed by atoms with Crippen LogP contribution in [0.15, 0.2) is 30.3 Å². The van der Waals surface area contributed by atoms with E-state index in [1.807, 2.05) is 44.2 Å². The van der Waals surface area contributed by atoms with Gasteiger partial charge in [-0.25, -0.2) is 9.59 Å². The van der Waals surface area contributed by atoms with Crippen molar-refractivity contribution in [3.8, 4) is 0 Å². The summed E-state index contributed by atoms with van der Waals surface area (Å²) in [4.78, 5) is 68.9. The Hall–Kier alpha value is -3.63. The maximum atomic E-state index is 13.9. The second-order valence-electron chi connectivity index (χ2n) is 12.5. The summed E-state index contributed by atoms with van der Waals surface area (Å²) in [6, 6.07) is 6.00. The van der Waals surface area contributed by atoms with Gasteiger partial charge < -0.3 is 25.0 Å². The van der Waals surface area contributed by atoms with E-state index >= 15 is 0 Å². The molecular formula is C31H46N4O7. The van der Waals surface area contributed by atoms with Crippen LogP contribution in [0.1, 0.15) is 72.3 Å². The molecule has 0 aromatic heterocycles. The fourth-order valence-corrected chi connectivity index (χ4v) is 5.50. The van der Waals surface area contributed by atoms with Gasteiger partial charge in [0.1, 0.15) is 29.8 Å². The Balaban J connectivity index is 1.72. The fraction of sp³-hybridized carbons (Fsp3) is 0.645. The van der Waals surface area contributed by atoms with Crippen molar-refractivity contribution in [2.45, 2.75) is 103 Å². The zero-order chi connectivity index (χ0) is 31.0. The lowest BCUT2D eigenvalue weighted by molar-refractivity contribution is -0.147. The van der Waals surface area contributed by atoms with Gasteiger partial charge in [-0.15, -0.1) is 0 Å². The highest BCUT2D eigenvalue weighted by atomic mass is 16.6. The first-order valence-corrected chi connectivity index (χ1v) is 14.8. The Morgan fingerprint density at radius 2 is 1.43 bits per heavy atom. The Bertz CT molecular complexity index is 1120. The molecule has 11 heteroatoms. The fourth-order valence-electron chi connectivity index (χ4n) is 5.50. The van der Waals surface area contributed by atoms with Gasteiger partial charge >= 0.3 is 12.1 Å². The van der Waals surface area contributed by atoms with E-state index < -0.39 is 53.6 Å². The molecule has 0 radical (unpaired) electrons. The SMILES string of the molecule is COC(=O)[C@H](Cc1ccccc1)NC(=O)[C@@H]1CCCN1C(=O)[C@H](CC(C)C)NC(=O)[C@@H]1CCCN1C(=O)OC(C)(C)C. The number of ether oxygens (including phenoxy) is 2. The van der Waals surface area contributed by atoms with Crippen molar-refractivity contribution in [2.24, 2.45) is 5.92 Å². The molecule has 0 saturated carbocycles. The Kier molecular flexibility index (Phi) is 11.4. The van der Waals surface area contributed by atoms with Gasteiger partial charge in [0.2, 0.25) is 17.7 Å². The van der Waals surface area contributed by atoms with Crippen LogP contribution in [0.25, 0.3) is 0 Å². The monoisotopic (exact) mass is 586 g/mol. The molecule has 1 aromatic carbocycles. The maximum absolute atomic E-state index is 13.9. The maximum Gasteiger partial charge on any atom is 0.410 e. The van der Waals surface area contributed by atoms with Gasteiger partial charge in [-0.1, -0.05) is 44.2 Å². The van der Waals surface area contributed by atoms with Crippen LogP contribution in [0.4, 0.5) is 4.79 Å². The molecule has 2 heterocycles. The first-order chi connectivity index (χ1) is 19.8. The Labute approximate surface area is 248 Å². The molecule has 2 aliphatic rings. The van der Waals surface area contributed by atoms with Crippen molar-refractivity contribution >= 4 is 29.8 Å². The number of likely N-dealkylation sites (tertiary alicyclic amines) is 2. The van der Waals surface area contributed by atoms with Crippen LogP contribution in [0.5, 0.6) is 0 Å². The van der Waals surface area contributed by atoms with Gasteiger partial charge in [0, 0.05) is 19.5 Å². The van der Waals surface area contributed by atoms with Crippen molar-refractivity contribution in [3.05, 3.63) is 35.9 Å². The van der Waals surface area contributed by atoms with E-state index in [2.05, 4.69) is 10.6 Å². The lowest BCUT2D eigenvalue weighted by Crippen LogP contribution is -2.57. The number of esters is 1.